The summed E-state index contributed by atoms with van der Waals surface area (Å²) in [6, 6.07) is 29.6. The number of likely N-dealkylation sites (tertiary alicyclic amines) is 1. The van der Waals surface area contributed by atoms with Gasteiger partial charge in [0.1, 0.15) is 35.2 Å². The minimum Gasteiger partial charge on any atom is -0.508 e. The molecule has 7 N–H and O–H groups in total. The lowest BCUT2D eigenvalue weighted by Gasteiger charge is -2.32. The second kappa shape index (κ2) is 18.9. The molecule has 0 unspecified atom stereocenters. The van der Waals surface area contributed by atoms with Crippen molar-refractivity contribution < 1.29 is 24.4 Å². The third-order valence-electron chi connectivity index (χ3n) is 9.70. The number of hydrogen-bond donors (Lipinski definition) is 6. The van der Waals surface area contributed by atoms with Crippen LogP contribution in [0.25, 0.3) is 10.9 Å². The summed E-state index contributed by atoms with van der Waals surface area (Å²) >= 11 is 3.52. The molecule has 1 aliphatic rings. The number of fused-ring (bicyclic) bond motifs is 1. The van der Waals surface area contributed by atoms with Gasteiger partial charge < -0.3 is 45.4 Å². The lowest BCUT2D eigenvalue weighted by molar-refractivity contribution is 0.0387. The van der Waals surface area contributed by atoms with Gasteiger partial charge in [-0.15, -0.1) is 0 Å². The van der Waals surface area contributed by atoms with E-state index in [1.54, 1.807) is 18.2 Å². The van der Waals surface area contributed by atoms with Gasteiger partial charge in [-0.3, -0.25) is 10.4 Å². The van der Waals surface area contributed by atoms with Crippen LogP contribution in [0.15, 0.2) is 113 Å². The number of nitrogens with zero attached hydrogens (tertiary/aromatic N) is 4. The summed E-state index contributed by atoms with van der Waals surface area (Å²) in [6.45, 7) is 4.82. The van der Waals surface area contributed by atoms with Crippen LogP contribution in [0.4, 0.5) is 11.6 Å². The molecule has 2 aromatic heterocycles. The molecule has 6 aromatic rings. The molecule has 0 bridgehead atoms. The lowest BCUT2D eigenvalue weighted by Crippen LogP contribution is -2.41. The summed E-state index contributed by atoms with van der Waals surface area (Å²) in [4.78, 5) is 18.9. The Kier molecular flexibility index (Phi) is 13.1. The molecule has 3 heterocycles. The Hall–Kier alpha value is -5.80. The SMILES string of the molecule is N=C(c1ccc(Oc2ccccc2)cc1)c1c(N)ncnc1NC1CCN(CCOCCOCCN=C(c2cccc(O)c2)c2c(O)[nH]c3ccc(Br)cc23)CC1. The predicted octanol–water partition coefficient (Wildman–Crippen LogP) is 7.37. The Bertz CT molecular complexity index is 2310. The number of halogens is 1. The van der Waals surface area contributed by atoms with Gasteiger partial charge in [0.05, 0.1) is 55.5 Å². The number of ether oxygens (including phenoxy) is 3. The van der Waals surface area contributed by atoms with Crippen molar-refractivity contribution in [1.82, 2.24) is 19.9 Å². The number of nitrogens with one attached hydrogen (secondary N) is 3. The molecule has 0 radical (unpaired) electrons. The first-order valence-corrected chi connectivity index (χ1v) is 19.6. The van der Waals surface area contributed by atoms with Gasteiger partial charge in [0.2, 0.25) is 0 Å². The van der Waals surface area contributed by atoms with Gasteiger partial charge in [0.25, 0.3) is 0 Å². The molecule has 1 saturated heterocycles. The molecule has 4 aromatic carbocycles. The van der Waals surface area contributed by atoms with Crippen molar-refractivity contribution in [2.45, 2.75) is 18.9 Å². The maximum atomic E-state index is 10.8. The molecule has 1 fully saturated rings. The lowest BCUT2D eigenvalue weighted by atomic mass is 10.0. The quantitative estimate of drug-likeness (QED) is 0.0400. The van der Waals surface area contributed by atoms with Gasteiger partial charge in [-0.25, -0.2) is 9.97 Å². The number of aromatic hydroxyl groups is 2. The van der Waals surface area contributed by atoms with Crippen LogP contribution in [-0.4, -0.2) is 100 Å². The normalized spacial score (nSPS) is 13.9. The predicted molar refractivity (Wildman–Crippen MR) is 226 cm³/mol. The fraction of sp³-hybridized carbons (Fsp3) is 0.256. The number of H-pyrrole nitrogens is 1. The van der Waals surface area contributed by atoms with E-state index in [9.17, 15) is 10.2 Å². The number of aliphatic imine (C=N–C) groups is 1. The number of phenols is 1. The minimum atomic E-state index is 0.00965. The Morgan fingerprint density at radius 1 is 0.860 bits per heavy atom. The summed E-state index contributed by atoms with van der Waals surface area (Å²) in [6.07, 6.45) is 3.24. The van der Waals surface area contributed by atoms with Gasteiger partial charge in [0.15, 0.2) is 5.88 Å². The maximum absolute atomic E-state index is 10.8. The average molecular weight is 834 g/mol. The van der Waals surface area contributed by atoms with Crippen LogP contribution in [0.3, 0.4) is 0 Å². The monoisotopic (exact) mass is 832 g/mol. The van der Waals surface area contributed by atoms with E-state index in [-0.39, 0.29) is 29.2 Å². The van der Waals surface area contributed by atoms with Crippen LogP contribution in [-0.2, 0) is 9.47 Å². The Labute approximate surface area is 339 Å². The molecule has 1 aliphatic heterocycles. The maximum Gasteiger partial charge on any atom is 0.199 e. The highest BCUT2D eigenvalue weighted by Crippen LogP contribution is 2.33. The van der Waals surface area contributed by atoms with Gasteiger partial charge in [-0.2, -0.15) is 0 Å². The number of benzene rings is 4. The highest BCUT2D eigenvalue weighted by molar-refractivity contribution is 9.10. The number of nitrogen functional groups attached to an aromatic ring is 1. The molecule has 7 rings (SSSR count). The molecule has 0 aliphatic carbocycles. The van der Waals surface area contributed by atoms with Crippen LogP contribution < -0.4 is 15.8 Å². The van der Waals surface area contributed by atoms with Crippen molar-refractivity contribution in [3.63, 3.8) is 0 Å². The fourth-order valence-electron chi connectivity index (χ4n) is 6.80. The van der Waals surface area contributed by atoms with E-state index in [0.29, 0.717) is 72.5 Å². The molecule has 0 saturated carbocycles. The van der Waals surface area contributed by atoms with E-state index in [1.807, 2.05) is 78.9 Å². The van der Waals surface area contributed by atoms with Gasteiger partial charge in [0, 0.05) is 52.2 Å². The Morgan fingerprint density at radius 2 is 1.61 bits per heavy atom. The average Bonchev–Trinajstić information content (AvgIpc) is 3.54. The number of aromatic amines is 1. The first-order valence-electron chi connectivity index (χ1n) is 18.8. The fourth-order valence-corrected chi connectivity index (χ4v) is 7.16. The first kappa shape index (κ1) is 39.4. The molecule has 0 amide bonds. The molecular formula is C43H45BrN8O5. The third-order valence-corrected chi connectivity index (χ3v) is 10.2. The first-order chi connectivity index (χ1) is 27.8. The molecular weight excluding hydrogens is 788 g/mol. The van der Waals surface area contributed by atoms with Crippen LogP contribution in [0.2, 0.25) is 0 Å². The van der Waals surface area contributed by atoms with Crippen molar-refractivity contribution in [3.8, 4) is 23.1 Å². The summed E-state index contributed by atoms with van der Waals surface area (Å²) in [7, 11) is 0. The van der Waals surface area contributed by atoms with E-state index in [4.69, 9.17) is 30.3 Å². The molecule has 0 atom stereocenters. The van der Waals surface area contributed by atoms with E-state index < -0.39 is 0 Å². The summed E-state index contributed by atoms with van der Waals surface area (Å²) in [5, 5.41) is 34.3. The highest BCUT2D eigenvalue weighted by Gasteiger charge is 2.23. The van der Waals surface area contributed by atoms with Crippen LogP contribution in [0.1, 0.15) is 35.1 Å². The number of piperidine rings is 1. The van der Waals surface area contributed by atoms with Crippen molar-refractivity contribution in [2.75, 3.05) is 63.7 Å². The topological polar surface area (TPSA) is 187 Å². The van der Waals surface area contributed by atoms with Crippen molar-refractivity contribution in [3.05, 3.63) is 130 Å². The van der Waals surface area contributed by atoms with Crippen molar-refractivity contribution in [2.24, 2.45) is 4.99 Å². The van der Waals surface area contributed by atoms with E-state index in [2.05, 4.69) is 41.1 Å². The molecule has 0 spiro atoms. The van der Waals surface area contributed by atoms with Gasteiger partial charge in [-0.1, -0.05) is 46.3 Å². The number of hydrogen-bond acceptors (Lipinski definition) is 12. The number of anilines is 2. The van der Waals surface area contributed by atoms with Gasteiger partial charge >= 0.3 is 0 Å². The highest BCUT2D eigenvalue weighted by atomic mass is 79.9. The molecule has 294 valence electrons. The second-order valence-corrected chi connectivity index (χ2v) is 14.5. The number of rotatable bonds is 17. The second-order valence-electron chi connectivity index (χ2n) is 13.6. The summed E-state index contributed by atoms with van der Waals surface area (Å²) in [5.41, 5.74) is 10.3. The van der Waals surface area contributed by atoms with Crippen molar-refractivity contribution in [1.29, 1.82) is 5.41 Å². The van der Waals surface area contributed by atoms with Crippen molar-refractivity contribution >= 4 is 49.9 Å². The zero-order chi connectivity index (χ0) is 39.6. The summed E-state index contributed by atoms with van der Waals surface area (Å²) < 4.78 is 18.5. The zero-order valence-corrected chi connectivity index (χ0v) is 32.9. The minimum absolute atomic E-state index is 0.00965. The number of para-hydroxylation sites is 1. The van der Waals surface area contributed by atoms with Gasteiger partial charge in [-0.05, 0) is 79.6 Å². The molecule has 57 heavy (non-hydrogen) atoms. The van der Waals surface area contributed by atoms with E-state index in [0.717, 1.165) is 53.6 Å². The third kappa shape index (κ3) is 10.1. The van der Waals surface area contributed by atoms with E-state index in [1.165, 1.54) is 6.33 Å². The van der Waals surface area contributed by atoms with Crippen LogP contribution in [0, 0.1) is 5.41 Å². The summed E-state index contributed by atoms with van der Waals surface area (Å²) in [5.74, 6) is 2.36. The smallest absolute Gasteiger partial charge is 0.199 e. The number of aromatic nitrogens is 3. The molecule has 13 nitrogen and oxygen atoms in total. The Morgan fingerprint density at radius 3 is 2.39 bits per heavy atom. The number of phenolic OH excluding ortho intramolecular Hbond substituents is 1. The zero-order valence-electron chi connectivity index (χ0n) is 31.3. The van der Waals surface area contributed by atoms with Crippen LogP contribution in [0.5, 0.6) is 23.1 Å². The van der Waals surface area contributed by atoms with E-state index >= 15 is 0 Å². The Balaban J connectivity index is 0.833. The number of nitrogens with two attached hydrogens (primary N) is 1. The van der Waals surface area contributed by atoms with Crippen LogP contribution >= 0.6 is 15.9 Å². The molecule has 14 heteroatoms. The standard InChI is InChI=1S/C43H45BrN8O5/c44-30-11-14-36-35(26-30)37(43(54)51-36)40(29-5-4-6-32(53)25-29)47-17-21-55-23-24-56-22-20-52-18-15-31(16-19-52)50-42-38(41(46)48-27-49-42)39(45)28-9-12-34(13-10-28)57-33-7-2-1-3-8-33/h1-14,25-27,31,45,51,53-54H,15-24H2,(H3,46,48,49,50). The largest absolute Gasteiger partial charge is 0.508 e.